The van der Waals surface area contributed by atoms with Gasteiger partial charge < -0.3 is 4.74 Å². The average Bonchev–Trinajstić information content (AvgIpc) is 3.05. The molecule has 0 bridgehead atoms. The summed E-state index contributed by atoms with van der Waals surface area (Å²) >= 11 is 7.66. The summed E-state index contributed by atoms with van der Waals surface area (Å²) in [4.78, 5) is 11.8. The number of esters is 1. The lowest BCUT2D eigenvalue weighted by Crippen LogP contribution is -2.15. The Morgan fingerprint density at radius 3 is 2.50 bits per heavy atom. The number of rotatable bonds is 5. The lowest BCUT2D eigenvalue weighted by Gasteiger charge is -2.13. The second kappa shape index (κ2) is 7.93. The summed E-state index contributed by atoms with van der Waals surface area (Å²) in [5.41, 5.74) is 2.83. The molecule has 0 saturated carbocycles. The summed E-state index contributed by atoms with van der Waals surface area (Å²) in [5, 5.41) is 9.42. The van der Waals surface area contributed by atoms with E-state index in [2.05, 4.69) is 10.2 Å². The van der Waals surface area contributed by atoms with Gasteiger partial charge in [-0.25, -0.2) is 0 Å². The largest absolute Gasteiger partial charge is 0.468 e. The molecule has 1 aromatic heterocycles. The van der Waals surface area contributed by atoms with E-state index in [0.717, 1.165) is 16.8 Å². The van der Waals surface area contributed by atoms with Gasteiger partial charge >= 0.3 is 5.97 Å². The van der Waals surface area contributed by atoms with E-state index in [4.69, 9.17) is 16.3 Å². The monoisotopic (exact) mass is 387 g/mol. The standard InChI is InChI=1S/C19H18ClN3O2S/c1-12-8-10-14(11-9-12)23-17(15-6-4-5-7-16(15)20)21-22-19(23)26-13(2)18(24)25-3/h4-11,13H,1-3H3/t13-/m1/s1. The highest BCUT2D eigenvalue weighted by molar-refractivity contribution is 8.00. The first kappa shape index (κ1) is 18.5. The number of hydrogen-bond acceptors (Lipinski definition) is 5. The Bertz CT molecular complexity index is 925. The number of carbonyl (C=O) groups is 1. The highest BCUT2D eigenvalue weighted by atomic mass is 35.5. The molecule has 1 heterocycles. The molecule has 7 heteroatoms. The van der Waals surface area contributed by atoms with Gasteiger partial charge in [-0.3, -0.25) is 9.36 Å². The number of ether oxygens (including phenoxy) is 1. The Balaban J connectivity index is 2.12. The van der Waals surface area contributed by atoms with Crippen LogP contribution in [-0.2, 0) is 9.53 Å². The number of aromatic nitrogens is 3. The molecule has 2 aromatic carbocycles. The molecule has 0 N–H and O–H groups in total. The Morgan fingerprint density at radius 1 is 1.15 bits per heavy atom. The molecule has 1 atom stereocenters. The molecule has 0 saturated heterocycles. The molecule has 26 heavy (non-hydrogen) atoms. The second-order valence-corrected chi connectivity index (χ2v) is 7.46. The van der Waals surface area contributed by atoms with Crippen molar-refractivity contribution in [1.29, 1.82) is 0 Å². The van der Waals surface area contributed by atoms with Gasteiger partial charge in [0, 0.05) is 11.3 Å². The van der Waals surface area contributed by atoms with Gasteiger partial charge in [0.25, 0.3) is 0 Å². The van der Waals surface area contributed by atoms with Gasteiger partial charge in [-0.15, -0.1) is 10.2 Å². The third kappa shape index (κ3) is 3.76. The van der Waals surface area contributed by atoms with Crippen LogP contribution in [0.25, 0.3) is 17.1 Å². The van der Waals surface area contributed by atoms with E-state index in [1.165, 1.54) is 18.9 Å². The van der Waals surface area contributed by atoms with Crippen LogP contribution in [0.4, 0.5) is 0 Å². The van der Waals surface area contributed by atoms with Crippen molar-refractivity contribution >= 4 is 29.3 Å². The average molecular weight is 388 g/mol. The van der Waals surface area contributed by atoms with Gasteiger partial charge in [0.05, 0.1) is 12.1 Å². The molecule has 134 valence electrons. The van der Waals surface area contributed by atoms with Crippen molar-refractivity contribution in [2.45, 2.75) is 24.3 Å². The quantitative estimate of drug-likeness (QED) is 0.474. The highest BCUT2D eigenvalue weighted by Gasteiger charge is 2.23. The number of hydrogen-bond donors (Lipinski definition) is 0. The lowest BCUT2D eigenvalue weighted by molar-refractivity contribution is -0.139. The van der Waals surface area contributed by atoms with Gasteiger partial charge in [0.15, 0.2) is 11.0 Å². The maximum Gasteiger partial charge on any atom is 0.318 e. The molecule has 0 spiro atoms. The zero-order valence-electron chi connectivity index (χ0n) is 14.6. The number of aryl methyl sites for hydroxylation is 1. The molecule has 0 aliphatic rings. The first-order valence-electron chi connectivity index (χ1n) is 8.03. The Kier molecular flexibility index (Phi) is 5.64. The van der Waals surface area contributed by atoms with E-state index in [1.54, 1.807) is 6.92 Å². The maximum absolute atomic E-state index is 11.8. The van der Waals surface area contributed by atoms with Gasteiger partial charge in [0.2, 0.25) is 0 Å². The van der Waals surface area contributed by atoms with Crippen LogP contribution in [0, 0.1) is 6.92 Å². The zero-order chi connectivity index (χ0) is 18.7. The summed E-state index contributed by atoms with van der Waals surface area (Å²) in [5.74, 6) is 0.312. The number of halogens is 1. The number of nitrogens with zero attached hydrogens (tertiary/aromatic N) is 3. The second-order valence-electron chi connectivity index (χ2n) is 5.74. The molecule has 3 rings (SSSR count). The van der Waals surface area contributed by atoms with Crippen LogP contribution in [0.1, 0.15) is 12.5 Å². The minimum atomic E-state index is -0.410. The Labute approximate surface area is 161 Å². The van der Waals surface area contributed by atoms with E-state index in [1.807, 2.05) is 60.0 Å². The molecule has 0 fully saturated rings. The van der Waals surface area contributed by atoms with Gasteiger partial charge in [-0.2, -0.15) is 0 Å². The summed E-state index contributed by atoms with van der Waals surface area (Å²) in [6.45, 7) is 3.81. The Hall–Kier alpha value is -2.31. The van der Waals surface area contributed by atoms with Crippen LogP contribution in [0.5, 0.6) is 0 Å². The SMILES string of the molecule is COC(=O)[C@@H](C)Sc1nnc(-c2ccccc2Cl)n1-c1ccc(C)cc1. The molecular weight excluding hydrogens is 370 g/mol. The minimum Gasteiger partial charge on any atom is -0.468 e. The molecule has 0 unspecified atom stereocenters. The van der Waals surface area contributed by atoms with Crippen molar-refractivity contribution in [3.8, 4) is 17.1 Å². The Morgan fingerprint density at radius 2 is 1.85 bits per heavy atom. The summed E-state index contributed by atoms with van der Waals surface area (Å²) in [7, 11) is 1.37. The minimum absolute atomic E-state index is 0.312. The molecule has 0 aliphatic carbocycles. The number of thioether (sulfide) groups is 1. The molecule has 3 aromatic rings. The molecule has 0 aliphatic heterocycles. The molecule has 0 radical (unpaired) electrons. The molecular formula is C19H18ClN3O2S. The third-order valence-corrected chi connectivity index (χ3v) is 5.21. The van der Waals surface area contributed by atoms with Crippen molar-refractivity contribution in [3.63, 3.8) is 0 Å². The topological polar surface area (TPSA) is 57.0 Å². The van der Waals surface area contributed by atoms with Gasteiger partial charge in [-0.05, 0) is 38.1 Å². The van der Waals surface area contributed by atoms with Crippen molar-refractivity contribution in [1.82, 2.24) is 14.8 Å². The number of methoxy groups -OCH3 is 1. The predicted molar refractivity (Wildman–Crippen MR) is 104 cm³/mol. The predicted octanol–water partition coefficient (Wildman–Crippen LogP) is 4.55. The number of benzene rings is 2. The number of carbonyl (C=O) groups excluding carboxylic acids is 1. The van der Waals surface area contributed by atoms with E-state index < -0.39 is 5.25 Å². The van der Waals surface area contributed by atoms with E-state index in [-0.39, 0.29) is 5.97 Å². The van der Waals surface area contributed by atoms with Crippen LogP contribution >= 0.6 is 23.4 Å². The van der Waals surface area contributed by atoms with E-state index in [9.17, 15) is 4.79 Å². The van der Waals surface area contributed by atoms with Crippen molar-refractivity contribution in [2.75, 3.05) is 7.11 Å². The van der Waals surface area contributed by atoms with Gasteiger partial charge in [0.1, 0.15) is 5.25 Å². The maximum atomic E-state index is 11.8. The fourth-order valence-corrected chi connectivity index (χ4v) is 3.58. The van der Waals surface area contributed by atoms with Crippen LogP contribution in [0.2, 0.25) is 5.02 Å². The third-order valence-electron chi connectivity index (χ3n) is 3.86. The van der Waals surface area contributed by atoms with Crippen molar-refractivity contribution < 1.29 is 9.53 Å². The van der Waals surface area contributed by atoms with E-state index in [0.29, 0.717) is 16.0 Å². The smallest absolute Gasteiger partial charge is 0.318 e. The van der Waals surface area contributed by atoms with Crippen molar-refractivity contribution in [2.24, 2.45) is 0 Å². The van der Waals surface area contributed by atoms with E-state index >= 15 is 0 Å². The first-order chi connectivity index (χ1) is 12.5. The van der Waals surface area contributed by atoms with Gasteiger partial charge in [-0.1, -0.05) is 53.2 Å². The van der Waals surface area contributed by atoms with Crippen LogP contribution in [-0.4, -0.2) is 33.1 Å². The van der Waals surface area contributed by atoms with Crippen molar-refractivity contribution in [3.05, 3.63) is 59.1 Å². The summed E-state index contributed by atoms with van der Waals surface area (Å²) in [6, 6.07) is 15.5. The fraction of sp³-hybridized carbons (Fsp3) is 0.211. The van der Waals surface area contributed by atoms with Crippen LogP contribution in [0.15, 0.2) is 53.7 Å². The lowest BCUT2D eigenvalue weighted by atomic mass is 10.2. The summed E-state index contributed by atoms with van der Waals surface area (Å²) in [6.07, 6.45) is 0. The zero-order valence-corrected chi connectivity index (χ0v) is 16.2. The molecule has 5 nitrogen and oxygen atoms in total. The normalized spacial score (nSPS) is 12.0. The highest BCUT2D eigenvalue weighted by Crippen LogP contribution is 2.33. The summed E-state index contributed by atoms with van der Waals surface area (Å²) < 4.78 is 6.73. The molecule has 0 amide bonds. The fourth-order valence-electron chi connectivity index (χ4n) is 2.46. The first-order valence-corrected chi connectivity index (χ1v) is 9.29. The van der Waals surface area contributed by atoms with Crippen LogP contribution in [0.3, 0.4) is 0 Å². The van der Waals surface area contributed by atoms with Crippen LogP contribution < -0.4 is 0 Å².